The minimum absolute atomic E-state index is 0.154. The molecule has 0 spiro atoms. The molecule has 5 unspecified atom stereocenters. The number of carbonyl (C=O) groups excluding carboxylic acids is 1. The Morgan fingerprint density at radius 1 is 1.14 bits per heavy atom. The number of ether oxygens (including phenoxy) is 3. The summed E-state index contributed by atoms with van der Waals surface area (Å²) in [4.78, 5) is 11.6. The maximum atomic E-state index is 11.6. The lowest BCUT2D eigenvalue weighted by molar-refractivity contribution is -0.239. The van der Waals surface area contributed by atoms with Crippen LogP contribution in [0, 0.1) is 23.7 Å². The SMILES string of the molecule is CNC(=O)OC1/C=C/CCC2C(C1)C1CCC2C1(OC)OC. The summed E-state index contributed by atoms with van der Waals surface area (Å²) in [6.45, 7) is 0. The van der Waals surface area contributed by atoms with E-state index in [9.17, 15) is 4.79 Å². The predicted molar refractivity (Wildman–Crippen MR) is 82.3 cm³/mol. The number of nitrogens with one attached hydrogen (secondary N) is 1. The molecule has 3 rings (SSSR count). The summed E-state index contributed by atoms with van der Waals surface area (Å²) in [6, 6.07) is 0. The van der Waals surface area contributed by atoms with E-state index in [1.54, 1.807) is 21.3 Å². The zero-order valence-corrected chi connectivity index (χ0v) is 13.7. The fraction of sp³-hybridized carbons (Fsp3) is 0.824. The fourth-order valence-electron chi connectivity index (χ4n) is 5.27. The third-order valence-corrected chi connectivity index (χ3v) is 6.03. The Kier molecular flexibility index (Phi) is 4.46. The van der Waals surface area contributed by atoms with Crippen molar-refractivity contribution in [3.63, 3.8) is 0 Å². The smallest absolute Gasteiger partial charge is 0.407 e. The van der Waals surface area contributed by atoms with Gasteiger partial charge in [0.2, 0.25) is 0 Å². The first kappa shape index (κ1) is 15.8. The summed E-state index contributed by atoms with van der Waals surface area (Å²) in [6.07, 6.45) is 9.06. The first-order valence-corrected chi connectivity index (χ1v) is 8.31. The van der Waals surface area contributed by atoms with Gasteiger partial charge in [0.05, 0.1) is 0 Å². The molecule has 3 aliphatic carbocycles. The summed E-state index contributed by atoms with van der Waals surface area (Å²) < 4.78 is 17.3. The van der Waals surface area contributed by atoms with Gasteiger partial charge >= 0.3 is 6.09 Å². The van der Waals surface area contributed by atoms with E-state index in [-0.39, 0.29) is 12.2 Å². The second-order valence-corrected chi connectivity index (χ2v) is 6.68. The summed E-state index contributed by atoms with van der Waals surface area (Å²) in [5.74, 6) is 1.53. The lowest BCUT2D eigenvalue weighted by Crippen LogP contribution is -2.40. The highest BCUT2D eigenvalue weighted by molar-refractivity contribution is 5.67. The molecular weight excluding hydrogens is 282 g/mol. The third-order valence-electron chi connectivity index (χ3n) is 6.03. The first-order chi connectivity index (χ1) is 10.7. The minimum Gasteiger partial charge on any atom is -0.442 e. The maximum absolute atomic E-state index is 11.6. The van der Waals surface area contributed by atoms with Crippen LogP contribution in [0.1, 0.15) is 32.1 Å². The van der Waals surface area contributed by atoms with Crippen molar-refractivity contribution in [3.8, 4) is 0 Å². The Labute approximate surface area is 132 Å². The Balaban J connectivity index is 1.82. The van der Waals surface area contributed by atoms with Gasteiger partial charge in [-0.3, -0.25) is 0 Å². The lowest BCUT2D eigenvalue weighted by atomic mass is 9.73. The zero-order chi connectivity index (χ0) is 15.7. The van der Waals surface area contributed by atoms with Crippen molar-refractivity contribution in [2.45, 2.75) is 44.0 Å². The molecule has 0 aromatic carbocycles. The number of hydrogen-bond acceptors (Lipinski definition) is 4. The van der Waals surface area contributed by atoms with Crippen LogP contribution >= 0.6 is 0 Å². The van der Waals surface area contributed by atoms with E-state index in [4.69, 9.17) is 14.2 Å². The summed E-state index contributed by atoms with van der Waals surface area (Å²) in [5.41, 5.74) is 0. The number of allylic oxidation sites excluding steroid dienone is 1. The van der Waals surface area contributed by atoms with Crippen LogP contribution in [0.5, 0.6) is 0 Å². The number of fused-ring (bicyclic) bond motifs is 5. The van der Waals surface area contributed by atoms with Gasteiger partial charge in [-0.1, -0.05) is 6.08 Å². The van der Waals surface area contributed by atoms with E-state index in [1.807, 2.05) is 6.08 Å². The molecule has 2 bridgehead atoms. The Hall–Kier alpha value is -1.07. The maximum Gasteiger partial charge on any atom is 0.407 e. The first-order valence-electron chi connectivity index (χ1n) is 8.31. The lowest BCUT2D eigenvalue weighted by Gasteiger charge is -2.33. The van der Waals surface area contributed by atoms with E-state index in [2.05, 4.69) is 11.4 Å². The van der Waals surface area contributed by atoms with Gasteiger partial charge < -0.3 is 19.5 Å². The normalized spacial score (nSPS) is 40.4. The molecule has 2 fully saturated rings. The molecule has 0 aromatic rings. The largest absolute Gasteiger partial charge is 0.442 e. The third kappa shape index (κ3) is 2.35. The van der Waals surface area contributed by atoms with E-state index in [0.29, 0.717) is 23.7 Å². The van der Waals surface area contributed by atoms with E-state index in [1.165, 1.54) is 12.8 Å². The molecule has 0 heterocycles. The number of carbonyl (C=O) groups is 1. The van der Waals surface area contributed by atoms with Gasteiger partial charge in [0, 0.05) is 33.1 Å². The van der Waals surface area contributed by atoms with Crippen molar-refractivity contribution in [1.82, 2.24) is 5.32 Å². The molecular formula is C17H27NO4. The summed E-state index contributed by atoms with van der Waals surface area (Å²) in [7, 11) is 5.13. The molecule has 0 saturated heterocycles. The molecule has 1 amide bonds. The predicted octanol–water partition coefficient (Wildman–Crippen LogP) is 2.71. The topological polar surface area (TPSA) is 56.8 Å². The van der Waals surface area contributed by atoms with Crippen molar-refractivity contribution in [1.29, 1.82) is 0 Å². The Morgan fingerprint density at radius 3 is 2.45 bits per heavy atom. The van der Waals surface area contributed by atoms with Gasteiger partial charge in [-0.25, -0.2) is 4.79 Å². The molecule has 3 aliphatic rings. The van der Waals surface area contributed by atoms with Gasteiger partial charge in [-0.05, 0) is 50.0 Å². The molecule has 5 atom stereocenters. The van der Waals surface area contributed by atoms with E-state index in [0.717, 1.165) is 19.3 Å². The monoisotopic (exact) mass is 309 g/mol. The molecule has 5 nitrogen and oxygen atoms in total. The highest BCUT2D eigenvalue weighted by Crippen LogP contribution is 2.62. The molecule has 0 radical (unpaired) electrons. The summed E-state index contributed by atoms with van der Waals surface area (Å²) >= 11 is 0. The van der Waals surface area contributed by atoms with Crippen LogP contribution < -0.4 is 5.32 Å². The molecule has 1 N–H and O–H groups in total. The number of rotatable bonds is 3. The number of amides is 1. The fourth-order valence-corrected chi connectivity index (χ4v) is 5.27. The Morgan fingerprint density at radius 2 is 1.82 bits per heavy atom. The minimum atomic E-state index is -0.433. The molecule has 124 valence electrons. The highest BCUT2D eigenvalue weighted by Gasteiger charge is 2.64. The van der Waals surface area contributed by atoms with Crippen molar-refractivity contribution in [3.05, 3.63) is 12.2 Å². The Bertz CT molecular complexity index is 446. The average Bonchev–Trinajstić information content (AvgIpc) is 2.99. The van der Waals surface area contributed by atoms with E-state index < -0.39 is 5.79 Å². The van der Waals surface area contributed by atoms with Gasteiger partial charge in [0.25, 0.3) is 0 Å². The highest BCUT2D eigenvalue weighted by atomic mass is 16.7. The number of hydrogen-bond donors (Lipinski definition) is 1. The van der Waals surface area contributed by atoms with Crippen LogP contribution in [0.2, 0.25) is 0 Å². The van der Waals surface area contributed by atoms with Gasteiger partial charge in [-0.2, -0.15) is 0 Å². The second kappa shape index (κ2) is 6.20. The van der Waals surface area contributed by atoms with Crippen molar-refractivity contribution >= 4 is 6.09 Å². The van der Waals surface area contributed by atoms with Crippen LogP contribution in [0.3, 0.4) is 0 Å². The standard InChI is InChI=1S/C17H27NO4/c1-18-16(19)22-11-6-4-5-7-12-13(10-11)15-9-8-14(12)17(15,20-2)21-3/h4,6,11-15H,5,7-10H2,1-3H3,(H,18,19)/b6-4+. The van der Waals surface area contributed by atoms with E-state index >= 15 is 0 Å². The average molecular weight is 309 g/mol. The molecule has 2 saturated carbocycles. The van der Waals surface area contributed by atoms with Crippen molar-refractivity contribution in [2.24, 2.45) is 23.7 Å². The van der Waals surface area contributed by atoms with Crippen LogP contribution in [-0.2, 0) is 14.2 Å². The van der Waals surface area contributed by atoms with Crippen LogP contribution in [0.4, 0.5) is 4.79 Å². The summed E-state index contributed by atoms with van der Waals surface area (Å²) in [5, 5.41) is 2.54. The van der Waals surface area contributed by atoms with Crippen LogP contribution in [0.15, 0.2) is 12.2 Å². The van der Waals surface area contributed by atoms with Crippen molar-refractivity contribution in [2.75, 3.05) is 21.3 Å². The van der Waals surface area contributed by atoms with Crippen LogP contribution in [-0.4, -0.2) is 39.3 Å². The van der Waals surface area contributed by atoms with Gasteiger partial charge in [0.1, 0.15) is 6.10 Å². The van der Waals surface area contributed by atoms with Crippen molar-refractivity contribution < 1.29 is 19.0 Å². The number of methoxy groups -OCH3 is 2. The quantitative estimate of drug-likeness (QED) is 0.643. The molecule has 22 heavy (non-hydrogen) atoms. The molecule has 5 heteroatoms. The van der Waals surface area contributed by atoms with Gasteiger partial charge in [-0.15, -0.1) is 0 Å². The second-order valence-electron chi connectivity index (χ2n) is 6.68. The number of alkyl carbamates (subject to hydrolysis) is 1. The molecule has 0 aliphatic heterocycles. The zero-order valence-electron chi connectivity index (χ0n) is 13.7. The molecule has 0 aromatic heterocycles. The van der Waals surface area contributed by atoms with Crippen LogP contribution in [0.25, 0.3) is 0 Å². The van der Waals surface area contributed by atoms with Gasteiger partial charge in [0.15, 0.2) is 5.79 Å².